The highest BCUT2D eigenvalue weighted by Gasteiger charge is 2.52. The van der Waals surface area contributed by atoms with E-state index in [0.29, 0.717) is 25.9 Å². The van der Waals surface area contributed by atoms with Gasteiger partial charge in [-0.15, -0.1) is 0 Å². The maximum atomic E-state index is 13.3. The van der Waals surface area contributed by atoms with Gasteiger partial charge in [0.1, 0.15) is 5.60 Å². The Morgan fingerprint density at radius 3 is 2.57 bits per heavy atom. The third kappa shape index (κ3) is 2.96. The van der Waals surface area contributed by atoms with Crippen molar-refractivity contribution >= 4 is 44.5 Å². The van der Waals surface area contributed by atoms with E-state index in [1.807, 2.05) is 46.0 Å². The zero-order valence-electron chi connectivity index (χ0n) is 16.6. The van der Waals surface area contributed by atoms with Crippen molar-refractivity contribution in [2.75, 3.05) is 25.0 Å². The summed E-state index contributed by atoms with van der Waals surface area (Å²) in [6.07, 6.45) is 2.63. The smallest absolute Gasteiger partial charge is 0.410 e. The molecule has 2 aliphatic rings. The molecular weight excluding hydrogens is 422 g/mol. The fraction of sp³-hybridized carbons (Fsp3) is 0.476. The molecule has 2 aromatic rings. The quantitative estimate of drug-likeness (QED) is 0.608. The first kappa shape index (κ1) is 19.2. The summed E-state index contributed by atoms with van der Waals surface area (Å²) in [5, 5.41) is 0.996. The molecule has 1 spiro atoms. The fourth-order valence-electron chi connectivity index (χ4n) is 4.31. The van der Waals surface area contributed by atoms with Crippen LogP contribution in [0.1, 0.15) is 39.2 Å². The van der Waals surface area contributed by atoms with E-state index in [1.165, 1.54) is 0 Å². The molecule has 1 aromatic heterocycles. The lowest BCUT2D eigenvalue weighted by Crippen LogP contribution is -2.50. The number of benzene rings is 1. The van der Waals surface area contributed by atoms with Crippen LogP contribution in [-0.4, -0.2) is 47.6 Å². The Bertz CT molecular complexity index is 975. The Kier molecular flexibility index (Phi) is 4.41. The lowest BCUT2D eigenvalue weighted by atomic mass is 9.72. The van der Waals surface area contributed by atoms with Crippen LogP contribution in [0, 0.1) is 0 Å². The maximum Gasteiger partial charge on any atom is 0.410 e. The molecule has 7 heteroatoms. The number of carbonyl (C=O) groups excluding carboxylic acids is 2. The molecule has 0 saturated carbocycles. The van der Waals surface area contributed by atoms with E-state index < -0.39 is 11.0 Å². The molecule has 0 unspecified atom stereocenters. The number of piperidine rings is 1. The lowest BCUT2D eigenvalue weighted by Gasteiger charge is -2.39. The van der Waals surface area contributed by atoms with Gasteiger partial charge in [0.2, 0.25) is 5.91 Å². The van der Waals surface area contributed by atoms with Crippen molar-refractivity contribution in [3.05, 3.63) is 34.4 Å². The van der Waals surface area contributed by atoms with Crippen molar-refractivity contribution in [3.63, 3.8) is 0 Å². The van der Waals surface area contributed by atoms with Gasteiger partial charge in [-0.25, -0.2) is 4.79 Å². The van der Waals surface area contributed by atoms with E-state index >= 15 is 0 Å². The number of hydrogen-bond acceptors (Lipinski definition) is 4. The summed E-state index contributed by atoms with van der Waals surface area (Å²) in [5.41, 5.74) is 1.62. The van der Waals surface area contributed by atoms with Crippen LogP contribution >= 0.6 is 15.9 Å². The van der Waals surface area contributed by atoms with Crippen LogP contribution < -0.4 is 4.90 Å². The average molecular weight is 446 g/mol. The first-order valence-corrected chi connectivity index (χ1v) is 10.3. The van der Waals surface area contributed by atoms with Crippen molar-refractivity contribution in [1.82, 2.24) is 9.88 Å². The molecule has 4 rings (SSSR count). The molecule has 0 aliphatic carbocycles. The number of likely N-dealkylation sites (N-methyl/N-ethyl adjacent to an activating group) is 1. The van der Waals surface area contributed by atoms with Gasteiger partial charge in [0.25, 0.3) is 0 Å². The van der Waals surface area contributed by atoms with Crippen molar-refractivity contribution < 1.29 is 14.3 Å². The van der Waals surface area contributed by atoms with E-state index in [1.54, 1.807) is 16.0 Å². The molecule has 1 aromatic carbocycles. The summed E-state index contributed by atoms with van der Waals surface area (Å²) < 4.78 is 6.46. The van der Waals surface area contributed by atoms with E-state index in [4.69, 9.17) is 4.74 Å². The zero-order chi connectivity index (χ0) is 20.3. The van der Waals surface area contributed by atoms with Gasteiger partial charge < -0.3 is 14.5 Å². The molecular formula is C21H24BrN3O3. The van der Waals surface area contributed by atoms with Gasteiger partial charge in [0, 0.05) is 35.6 Å². The number of pyridine rings is 1. The van der Waals surface area contributed by atoms with Crippen molar-refractivity contribution in [1.29, 1.82) is 0 Å². The minimum atomic E-state index is -0.620. The minimum Gasteiger partial charge on any atom is -0.444 e. The number of fused-ring (bicyclic) bond motifs is 4. The third-order valence-electron chi connectivity index (χ3n) is 5.63. The number of carbonyl (C=O) groups is 2. The Morgan fingerprint density at radius 2 is 1.93 bits per heavy atom. The predicted octanol–water partition coefficient (Wildman–Crippen LogP) is 4.24. The Labute approximate surface area is 173 Å². The second kappa shape index (κ2) is 6.44. The molecule has 6 nitrogen and oxygen atoms in total. The van der Waals surface area contributed by atoms with Gasteiger partial charge in [-0.2, -0.15) is 0 Å². The summed E-state index contributed by atoms with van der Waals surface area (Å²) in [6.45, 7) is 6.56. The predicted molar refractivity (Wildman–Crippen MR) is 112 cm³/mol. The number of amides is 2. The van der Waals surface area contributed by atoms with Crippen molar-refractivity contribution in [2.45, 2.75) is 44.6 Å². The van der Waals surface area contributed by atoms with Gasteiger partial charge in [-0.1, -0.05) is 15.9 Å². The van der Waals surface area contributed by atoms with E-state index in [9.17, 15) is 9.59 Å². The van der Waals surface area contributed by atoms with Crippen LogP contribution in [0.2, 0.25) is 0 Å². The molecule has 28 heavy (non-hydrogen) atoms. The van der Waals surface area contributed by atoms with E-state index in [2.05, 4.69) is 20.9 Å². The van der Waals surface area contributed by atoms with Gasteiger partial charge in [0.15, 0.2) is 0 Å². The highest BCUT2D eigenvalue weighted by molar-refractivity contribution is 9.10. The van der Waals surface area contributed by atoms with Gasteiger partial charge >= 0.3 is 6.09 Å². The standard InChI is InChI=1S/C21H24BrN3O3/c1-20(2,3)28-19(27)25-9-7-21(8-10-25)17-14-11-13(22)5-6-15(14)23-12-16(17)24(4)18(21)26/h5-6,11-12H,7-10H2,1-4H3. The Balaban J connectivity index is 1.72. The zero-order valence-corrected chi connectivity index (χ0v) is 18.2. The van der Waals surface area contributed by atoms with E-state index in [0.717, 1.165) is 26.6 Å². The molecule has 148 valence electrons. The summed E-state index contributed by atoms with van der Waals surface area (Å²) in [7, 11) is 1.81. The van der Waals surface area contributed by atoms with Gasteiger partial charge in [-0.3, -0.25) is 9.78 Å². The summed E-state index contributed by atoms with van der Waals surface area (Å²) in [5.74, 6) is 0.0839. The van der Waals surface area contributed by atoms with Crippen LogP contribution in [0.15, 0.2) is 28.9 Å². The molecule has 0 bridgehead atoms. The largest absolute Gasteiger partial charge is 0.444 e. The minimum absolute atomic E-state index is 0.0839. The second-order valence-corrected chi connectivity index (χ2v) is 9.51. The Hall–Kier alpha value is -2.15. The number of nitrogens with zero attached hydrogens (tertiary/aromatic N) is 3. The molecule has 0 N–H and O–H groups in total. The number of anilines is 1. The van der Waals surface area contributed by atoms with Gasteiger partial charge in [-0.05, 0) is 51.8 Å². The van der Waals surface area contributed by atoms with Crippen molar-refractivity contribution in [2.24, 2.45) is 0 Å². The van der Waals surface area contributed by atoms with Crippen LogP contribution in [0.4, 0.5) is 10.5 Å². The number of ether oxygens (including phenoxy) is 1. The molecule has 0 radical (unpaired) electrons. The third-order valence-corrected chi connectivity index (χ3v) is 6.13. The SMILES string of the molecule is CN1C(=O)C2(CCN(C(=O)OC(C)(C)C)CC2)c2c1cnc1ccc(Br)cc21. The number of rotatable bonds is 0. The van der Waals surface area contributed by atoms with Gasteiger partial charge in [0.05, 0.1) is 22.8 Å². The van der Waals surface area contributed by atoms with Crippen LogP contribution in [0.3, 0.4) is 0 Å². The molecule has 1 saturated heterocycles. The maximum absolute atomic E-state index is 13.3. The average Bonchev–Trinajstić information content (AvgIpc) is 2.83. The topological polar surface area (TPSA) is 62.7 Å². The van der Waals surface area contributed by atoms with Crippen LogP contribution in [0.5, 0.6) is 0 Å². The molecule has 1 fully saturated rings. The number of likely N-dealkylation sites (tertiary alicyclic amines) is 1. The number of aromatic nitrogens is 1. The van der Waals surface area contributed by atoms with Crippen molar-refractivity contribution in [3.8, 4) is 0 Å². The number of hydrogen-bond donors (Lipinski definition) is 0. The molecule has 3 heterocycles. The fourth-order valence-corrected chi connectivity index (χ4v) is 4.67. The second-order valence-electron chi connectivity index (χ2n) is 8.59. The summed E-state index contributed by atoms with van der Waals surface area (Å²) in [4.78, 5) is 33.7. The molecule has 2 amide bonds. The lowest BCUT2D eigenvalue weighted by molar-refractivity contribution is -0.124. The monoisotopic (exact) mass is 445 g/mol. The summed E-state index contributed by atoms with van der Waals surface area (Å²) >= 11 is 3.54. The van der Waals surface area contributed by atoms with Crippen LogP contribution in [0.25, 0.3) is 10.9 Å². The summed E-state index contributed by atoms with van der Waals surface area (Å²) in [6, 6.07) is 5.96. The first-order valence-electron chi connectivity index (χ1n) is 9.47. The highest BCUT2D eigenvalue weighted by Crippen LogP contribution is 2.50. The molecule has 2 aliphatic heterocycles. The Morgan fingerprint density at radius 1 is 1.25 bits per heavy atom. The van der Waals surface area contributed by atoms with Crippen LogP contribution in [-0.2, 0) is 14.9 Å². The molecule has 0 atom stereocenters. The number of halogens is 1. The van der Waals surface area contributed by atoms with E-state index in [-0.39, 0.29) is 12.0 Å². The first-order chi connectivity index (χ1) is 13.1. The highest BCUT2D eigenvalue weighted by atomic mass is 79.9. The normalized spacial score (nSPS) is 18.7.